The molecule has 0 spiro atoms. The van der Waals surface area contributed by atoms with E-state index in [1.165, 1.54) is 36.0 Å². The van der Waals surface area contributed by atoms with Crippen LogP contribution in [0.3, 0.4) is 0 Å². The summed E-state index contributed by atoms with van der Waals surface area (Å²) in [4.78, 5) is 4.28. The minimum Gasteiger partial charge on any atom is -0.264 e. The molecule has 22 heavy (non-hydrogen) atoms. The summed E-state index contributed by atoms with van der Waals surface area (Å²) >= 11 is 0. The van der Waals surface area contributed by atoms with Crippen LogP contribution in [-0.2, 0) is 5.41 Å². The fourth-order valence-electron chi connectivity index (χ4n) is 3.61. The highest BCUT2D eigenvalue weighted by Crippen LogP contribution is 2.45. The van der Waals surface area contributed by atoms with E-state index in [2.05, 4.69) is 73.2 Å². The lowest BCUT2D eigenvalue weighted by molar-refractivity contribution is 0.579. The van der Waals surface area contributed by atoms with Gasteiger partial charge in [-0.05, 0) is 56.5 Å². The van der Waals surface area contributed by atoms with Crippen LogP contribution in [0.5, 0.6) is 0 Å². The first-order valence-corrected chi connectivity index (χ1v) is 8.08. The maximum Gasteiger partial charge on any atom is 0.0666 e. The van der Waals surface area contributed by atoms with Crippen LogP contribution < -0.4 is 0 Å². The van der Waals surface area contributed by atoms with Gasteiger partial charge in [0.1, 0.15) is 0 Å². The van der Waals surface area contributed by atoms with E-state index in [1.807, 2.05) is 6.07 Å². The standard InChI is InChI=1S/C21H23N/c1-21(17-11-5-3-6-12-17,18-13-7-4-8-14-18)19-15-9-10-16-20(19)22-2/h3,5-6,9-13,15-16H,2,4,7-8,14H2,1H3. The average molecular weight is 289 g/mol. The second kappa shape index (κ2) is 6.31. The van der Waals surface area contributed by atoms with Gasteiger partial charge in [0.25, 0.3) is 0 Å². The number of rotatable bonds is 4. The average Bonchev–Trinajstić information content (AvgIpc) is 2.62. The van der Waals surface area contributed by atoms with Gasteiger partial charge in [0, 0.05) is 5.41 Å². The molecule has 1 nitrogen and oxygen atoms in total. The van der Waals surface area contributed by atoms with Gasteiger partial charge >= 0.3 is 0 Å². The van der Waals surface area contributed by atoms with E-state index in [1.54, 1.807) is 0 Å². The maximum atomic E-state index is 4.28. The Morgan fingerprint density at radius 2 is 1.68 bits per heavy atom. The third-order valence-corrected chi connectivity index (χ3v) is 4.90. The Hall–Kier alpha value is -2.15. The van der Waals surface area contributed by atoms with Crippen LogP contribution in [0, 0.1) is 0 Å². The van der Waals surface area contributed by atoms with E-state index in [0.717, 1.165) is 12.1 Å². The number of hydrogen-bond acceptors (Lipinski definition) is 1. The van der Waals surface area contributed by atoms with Crippen molar-refractivity contribution in [1.29, 1.82) is 0 Å². The van der Waals surface area contributed by atoms with Crippen molar-refractivity contribution in [2.24, 2.45) is 4.99 Å². The molecule has 112 valence electrons. The van der Waals surface area contributed by atoms with Crippen molar-refractivity contribution in [3.05, 3.63) is 77.4 Å². The largest absolute Gasteiger partial charge is 0.264 e. The molecule has 0 amide bonds. The highest BCUT2D eigenvalue weighted by Gasteiger charge is 2.35. The van der Waals surface area contributed by atoms with Gasteiger partial charge in [0.15, 0.2) is 0 Å². The molecule has 3 rings (SSSR count). The Bertz CT molecular complexity index is 684. The lowest BCUT2D eigenvalue weighted by Gasteiger charge is -2.36. The SMILES string of the molecule is C=Nc1ccccc1C(C)(C1=CCCCC1)c1ccccc1. The van der Waals surface area contributed by atoms with Crippen LogP contribution in [0.25, 0.3) is 0 Å². The molecule has 0 aliphatic heterocycles. The van der Waals surface area contributed by atoms with Crippen LogP contribution in [-0.4, -0.2) is 6.72 Å². The summed E-state index contributed by atoms with van der Waals surface area (Å²) in [5.41, 5.74) is 4.96. The van der Waals surface area contributed by atoms with Gasteiger partial charge in [-0.1, -0.05) is 60.2 Å². The number of benzene rings is 2. The molecule has 0 saturated carbocycles. The van der Waals surface area contributed by atoms with E-state index in [-0.39, 0.29) is 5.41 Å². The third-order valence-electron chi connectivity index (χ3n) is 4.90. The number of nitrogens with zero attached hydrogens (tertiary/aromatic N) is 1. The van der Waals surface area contributed by atoms with Crippen LogP contribution >= 0.6 is 0 Å². The summed E-state index contributed by atoms with van der Waals surface area (Å²) < 4.78 is 0. The lowest BCUT2D eigenvalue weighted by atomic mass is 9.67. The molecule has 1 unspecified atom stereocenters. The molecule has 1 atom stereocenters. The van der Waals surface area contributed by atoms with Crippen molar-refractivity contribution >= 4 is 12.4 Å². The molecule has 0 heterocycles. The van der Waals surface area contributed by atoms with E-state index in [4.69, 9.17) is 0 Å². The van der Waals surface area contributed by atoms with Crippen LogP contribution in [0.15, 0.2) is 71.2 Å². The maximum absolute atomic E-state index is 4.28. The van der Waals surface area contributed by atoms with Gasteiger partial charge in [-0.15, -0.1) is 0 Å². The Kier molecular flexibility index (Phi) is 4.24. The highest BCUT2D eigenvalue weighted by molar-refractivity contribution is 5.61. The second-order valence-corrected chi connectivity index (χ2v) is 6.14. The van der Waals surface area contributed by atoms with E-state index < -0.39 is 0 Å². The molecule has 0 radical (unpaired) electrons. The van der Waals surface area contributed by atoms with Gasteiger partial charge < -0.3 is 0 Å². The fraction of sp³-hybridized carbons (Fsp3) is 0.286. The highest BCUT2D eigenvalue weighted by atomic mass is 14.7. The minimum absolute atomic E-state index is 0.126. The quantitative estimate of drug-likeness (QED) is 0.496. The first kappa shape index (κ1) is 14.8. The first-order valence-electron chi connectivity index (χ1n) is 8.08. The van der Waals surface area contributed by atoms with Gasteiger partial charge in [0.2, 0.25) is 0 Å². The molecule has 2 aromatic rings. The monoisotopic (exact) mass is 289 g/mol. The summed E-state index contributed by atoms with van der Waals surface area (Å²) in [5.74, 6) is 0. The van der Waals surface area contributed by atoms with Gasteiger partial charge in [0.05, 0.1) is 5.69 Å². The topological polar surface area (TPSA) is 12.4 Å². The molecule has 0 saturated heterocycles. The Morgan fingerprint density at radius 1 is 0.955 bits per heavy atom. The number of hydrogen-bond donors (Lipinski definition) is 0. The molecule has 1 aliphatic rings. The summed E-state index contributed by atoms with van der Waals surface area (Å²) in [5, 5.41) is 0. The number of aliphatic imine (C=N–C) groups is 1. The van der Waals surface area contributed by atoms with Crippen LogP contribution in [0.1, 0.15) is 43.7 Å². The van der Waals surface area contributed by atoms with Crippen molar-refractivity contribution in [2.45, 2.75) is 38.0 Å². The van der Waals surface area contributed by atoms with Crippen molar-refractivity contribution in [3.8, 4) is 0 Å². The van der Waals surface area contributed by atoms with Crippen LogP contribution in [0.4, 0.5) is 5.69 Å². The molecule has 2 aromatic carbocycles. The van der Waals surface area contributed by atoms with E-state index in [9.17, 15) is 0 Å². The first-order chi connectivity index (χ1) is 10.8. The predicted molar refractivity (Wildman–Crippen MR) is 95.1 cm³/mol. The molecular weight excluding hydrogens is 266 g/mol. The second-order valence-electron chi connectivity index (χ2n) is 6.14. The van der Waals surface area contributed by atoms with E-state index >= 15 is 0 Å². The van der Waals surface area contributed by atoms with Crippen molar-refractivity contribution in [3.63, 3.8) is 0 Å². The molecule has 1 aliphatic carbocycles. The summed E-state index contributed by atoms with van der Waals surface area (Å²) in [6, 6.07) is 19.2. The molecule has 0 bridgehead atoms. The Balaban J connectivity index is 2.23. The summed E-state index contributed by atoms with van der Waals surface area (Å²) in [7, 11) is 0. The Labute approximate surface area is 133 Å². The zero-order valence-corrected chi connectivity index (χ0v) is 13.3. The van der Waals surface area contributed by atoms with Crippen molar-refractivity contribution in [1.82, 2.24) is 0 Å². The van der Waals surface area contributed by atoms with Gasteiger partial charge in [-0.3, -0.25) is 4.99 Å². The smallest absolute Gasteiger partial charge is 0.0666 e. The predicted octanol–water partition coefficient (Wildman–Crippen LogP) is 5.83. The lowest BCUT2D eigenvalue weighted by Crippen LogP contribution is -2.27. The van der Waals surface area contributed by atoms with Gasteiger partial charge in [-0.2, -0.15) is 0 Å². The van der Waals surface area contributed by atoms with E-state index in [0.29, 0.717) is 0 Å². The molecular formula is C21H23N. The molecule has 0 aromatic heterocycles. The minimum atomic E-state index is -0.126. The Morgan fingerprint density at radius 3 is 2.36 bits per heavy atom. The number of para-hydroxylation sites is 1. The molecule has 0 N–H and O–H groups in total. The third kappa shape index (κ3) is 2.52. The molecule has 1 heteroatoms. The van der Waals surface area contributed by atoms with Crippen molar-refractivity contribution < 1.29 is 0 Å². The zero-order valence-electron chi connectivity index (χ0n) is 13.3. The summed E-state index contributed by atoms with van der Waals surface area (Å²) in [6.07, 6.45) is 7.36. The normalized spacial score (nSPS) is 17.4. The zero-order chi connectivity index (χ0) is 15.4. The summed E-state index contributed by atoms with van der Waals surface area (Å²) in [6.45, 7) is 6.11. The van der Waals surface area contributed by atoms with Crippen molar-refractivity contribution in [2.75, 3.05) is 0 Å². The van der Waals surface area contributed by atoms with Gasteiger partial charge in [-0.25, -0.2) is 0 Å². The number of allylic oxidation sites excluding steroid dienone is 2. The van der Waals surface area contributed by atoms with Crippen LogP contribution in [0.2, 0.25) is 0 Å². The molecule has 0 fully saturated rings. The fourth-order valence-corrected chi connectivity index (χ4v) is 3.61.